The van der Waals surface area contributed by atoms with Crippen LogP contribution in [0.5, 0.6) is 5.75 Å². The Morgan fingerprint density at radius 2 is 1.62 bits per heavy atom. The molecule has 0 saturated carbocycles. The maximum Gasteiger partial charge on any atom is 0.338 e. The number of amides is 1. The smallest absolute Gasteiger partial charge is 0.338 e. The number of hydrogen-bond acceptors (Lipinski definition) is 6. The zero-order valence-electron chi connectivity index (χ0n) is 18.0. The van der Waals surface area contributed by atoms with Gasteiger partial charge in [-0.2, -0.15) is 0 Å². The van der Waals surface area contributed by atoms with Crippen LogP contribution in [0, 0.1) is 11.6 Å². The van der Waals surface area contributed by atoms with E-state index in [1.165, 1.54) is 38.3 Å². The molecule has 2 N–H and O–H groups in total. The summed E-state index contributed by atoms with van der Waals surface area (Å²) in [4.78, 5) is 24.2. The van der Waals surface area contributed by atoms with E-state index in [9.17, 15) is 26.8 Å². The normalized spacial score (nSPS) is 11.9. The molecule has 3 aromatic carbocycles. The Morgan fingerprint density at radius 1 is 0.912 bits per heavy atom. The second kappa shape index (κ2) is 10.3. The predicted octanol–water partition coefficient (Wildman–Crippen LogP) is 3.96. The Hall–Kier alpha value is -3.99. The summed E-state index contributed by atoms with van der Waals surface area (Å²) in [6.07, 6.45) is -1.12. The third-order valence-electron chi connectivity index (χ3n) is 4.56. The molecule has 0 saturated heterocycles. The molecule has 1 amide bonds. The number of halogens is 2. The van der Waals surface area contributed by atoms with Gasteiger partial charge in [-0.15, -0.1) is 0 Å². The topological polar surface area (TPSA) is 111 Å². The van der Waals surface area contributed by atoms with E-state index in [0.717, 1.165) is 6.07 Å². The van der Waals surface area contributed by atoms with E-state index < -0.39 is 44.5 Å². The van der Waals surface area contributed by atoms with Gasteiger partial charge in [0, 0.05) is 17.4 Å². The first kappa shape index (κ1) is 24.6. The minimum atomic E-state index is -4.19. The van der Waals surface area contributed by atoms with E-state index in [-0.39, 0.29) is 11.3 Å². The van der Waals surface area contributed by atoms with Crippen LogP contribution in [-0.2, 0) is 19.6 Å². The third-order valence-corrected chi connectivity index (χ3v) is 5.94. The number of hydrogen-bond donors (Lipinski definition) is 2. The summed E-state index contributed by atoms with van der Waals surface area (Å²) in [7, 11) is -2.70. The van der Waals surface area contributed by atoms with Crippen molar-refractivity contribution in [2.45, 2.75) is 17.9 Å². The van der Waals surface area contributed by atoms with E-state index in [1.54, 1.807) is 24.3 Å². The summed E-state index contributed by atoms with van der Waals surface area (Å²) in [6.45, 7) is 1.40. The van der Waals surface area contributed by atoms with E-state index in [4.69, 9.17) is 9.47 Å². The first-order chi connectivity index (χ1) is 16.1. The highest BCUT2D eigenvalue weighted by Gasteiger charge is 2.20. The first-order valence-corrected chi connectivity index (χ1v) is 11.3. The van der Waals surface area contributed by atoms with Crippen molar-refractivity contribution in [1.29, 1.82) is 0 Å². The molecule has 8 nitrogen and oxygen atoms in total. The van der Waals surface area contributed by atoms with Crippen molar-refractivity contribution in [2.75, 3.05) is 17.1 Å². The standard InChI is InChI=1S/C23H20F2N2O6S/c1-14(22(28)26-17-4-3-5-18(12-17)32-2)33-23(29)15-6-8-16(9-7-15)27-34(30,31)19-10-11-20(24)21(25)13-19/h3-14,27H,1-2H3,(H,26,28)/t14-/m1/s1. The van der Waals surface area contributed by atoms with Gasteiger partial charge >= 0.3 is 5.97 Å². The minimum Gasteiger partial charge on any atom is -0.497 e. The van der Waals surface area contributed by atoms with E-state index >= 15 is 0 Å². The summed E-state index contributed by atoms with van der Waals surface area (Å²) < 4.78 is 63.6. The molecular formula is C23H20F2N2O6S. The number of benzene rings is 3. The van der Waals surface area contributed by atoms with Gasteiger partial charge in [0.2, 0.25) is 0 Å². The molecular weight excluding hydrogens is 470 g/mol. The van der Waals surface area contributed by atoms with Crippen molar-refractivity contribution in [2.24, 2.45) is 0 Å². The van der Waals surface area contributed by atoms with Crippen LogP contribution in [0.2, 0.25) is 0 Å². The van der Waals surface area contributed by atoms with Gasteiger partial charge in [0.25, 0.3) is 15.9 Å². The molecule has 0 heterocycles. The summed E-state index contributed by atoms with van der Waals surface area (Å²) in [5, 5.41) is 2.61. The lowest BCUT2D eigenvalue weighted by atomic mass is 10.2. The molecule has 0 bridgehead atoms. The molecule has 0 aliphatic rings. The van der Waals surface area contributed by atoms with Crippen LogP contribution in [0.4, 0.5) is 20.2 Å². The highest BCUT2D eigenvalue weighted by molar-refractivity contribution is 7.92. The van der Waals surface area contributed by atoms with E-state index in [1.807, 2.05) is 0 Å². The third kappa shape index (κ3) is 6.07. The number of ether oxygens (including phenoxy) is 2. The molecule has 0 aromatic heterocycles. The highest BCUT2D eigenvalue weighted by atomic mass is 32.2. The summed E-state index contributed by atoms with van der Waals surface area (Å²) in [6, 6.07) is 14.0. The summed E-state index contributed by atoms with van der Waals surface area (Å²) in [5.74, 6) is -3.29. The van der Waals surface area contributed by atoms with Crippen molar-refractivity contribution in [3.05, 3.63) is 83.9 Å². The first-order valence-electron chi connectivity index (χ1n) is 9.83. The Balaban J connectivity index is 1.61. The zero-order chi connectivity index (χ0) is 24.9. The molecule has 0 aliphatic heterocycles. The maximum absolute atomic E-state index is 13.4. The number of carbonyl (C=O) groups excluding carboxylic acids is 2. The zero-order valence-corrected chi connectivity index (χ0v) is 18.9. The van der Waals surface area contributed by atoms with E-state index in [2.05, 4.69) is 10.0 Å². The second-order valence-corrected chi connectivity index (χ2v) is 8.71. The van der Waals surface area contributed by atoms with Crippen LogP contribution < -0.4 is 14.8 Å². The van der Waals surface area contributed by atoms with Crippen LogP contribution in [0.3, 0.4) is 0 Å². The molecule has 3 aromatic rings. The number of carbonyl (C=O) groups is 2. The largest absolute Gasteiger partial charge is 0.497 e. The SMILES string of the molecule is COc1cccc(NC(=O)[C@@H](C)OC(=O)c2ccc(NS(=O)(=O)c3ccc(F)c(F)c3)cc2)c1. The van der Waals surface area contributed by atoms with Gasteiger partial charge in [-0.05, 0) is 61.5 Å². The maximum atomic E-state index is 13.4. The Kier molecular flexibility index (Phi) is 7.47. The lowest BCUT2D eigenvalue weighted by molar-refractivity contribution is -0.123. The van der Waals surface area contributed by atoms with Crippen LogP contribution in [-0.4, -0.2) is 33.5 Å². The average molecular weight is 490 g/mol. The fraction of sp³-hybridized carbons (Fsp3) is 0.130. The van der Waals surface area contributed by atoms with Crippen LogP contribution >= 0.6 is 0 Å². The predicted molar refractivity (Wildman–Crippen MR) is 120 cm³/mol. The Labute approximate surface area is 194 Å². The van der Waals surface area contributed by atoms with Crippen LogP contribution in [0.15, 0.2) is 71.6 Å². The van der Waals surface area contributed by atoms with Gasteiger partial charge in [0.05, 0.1) is 17.6 Å². The van der Waals surface area contributed by atoms with Crippen molar-refractivity contribution >= 4 is 33.3 Å². The minimum absolute atomic E-state index is 0.0665. The lowest BCUT2D eigenvalue weighted by Gasteiger charge is -2.14. The molecule has 0 spiro atoms. The number of rotatable bonds is 8. The molecule has 0 radical (unpaired) electrons. The lowest BCUT2D eigenvalue weighted by Crippen LogP contribution is -2.30. The molecule has 34 heavy (non-hydrogen) atoms. The monoisotopic (exact) mass is 490 g/mol. The van der Waals surface area contributed by atoms with E-state index in [0.29, 0.717) is 23.6 Å². The van der Waals surface area contributed by atoms with Crippen molar-refractivity contribution < 1.29 is 36.3 Å². The van der Waals surface area contributed by atoms with Gasteiger partial charge in [-0.3, -0.25) is 9.52 Å². The molecule has 178 valence electrons. The molecule has 3 rings (SSSR count). The molecule has 0 unspecified atom stereocenters. The van der Waals surface area contributed by atoms with Gasteiger partial charge in [0.1, 0.15) is 5.75 Å². The quantitative estimate of drug-likeness (QED) is 0.463. The molecule has 11 heteroatoms. The fourth-order valence-corrected chi connectivity index (χ4v) is 3.83. The molecule has 1 atom stereocenters. The number of nitrogens with one attached hydrogen (secondary N) is 2. The summed E-state index contributed by atoms with van der Waals surface area (Å²) >= 11 is 0. The van der Waals surface area contributed by atoms with Gasteiger partial charge < -0.3 is 14.8 Å². The highest BCUT2D eigenvalue weighted by Crippen LogP contribution is 2.20. The average Bonchev–Trinajstić information content (AvgIpc) is 2.81. The van der Waals surface area contributed by atoms with Crippen molar-refractivity contribution in [3.63, 3.8) is 0 Å². The second-order valence-electron chi connectivity index (χ2n) is 7.03. The van der Waals surface area contributed by atoms with Crippen molar-refractivity contribution in [1.82, 2.24) is 0 Å². The number of esters is 1. The Morgan fingerprint density at radius 3 is 2.26 bits per heavy atom. The Bertz CT molecular complexity index is 1310. The molecule has 0 aliphatic carbocycles. The molecule has 0 fully saturated rings. The van der Waals surface area contributed by atoms with Crippen molar-refractivity contribution in [3.8, 4) is 5.75 Å². The summed E-state index contributed by atoms with van der Waals surface area (Å²) in [5.41, 5.74) is 0.604. The van der Waals surface area contributed by atoms with Gasteiger partial charge in [-0.1, -0.05) is 6.07 Å². The number of methoxy groups -OCH3 is 1. The van der Waals surface area contributed by atoms with Gasteiger partial charge in [-0.25, -0.2) is 22.0 Å². The fourth-order valence-electron chi connectivity index (χ4n) is 2.76. The van der Waals surface area contributed by atoms with Crippen LogP contribution in [0.25, 0.3) is 0 Å². The van der Waals surface area contributed by atoms with Gasteiger partial charge in [0.15, 0.2) is 17.7 Å². The van der Waals surface area contributed by atoms with Crippen LogP contribution in [0.1, 0.15) is 17.3 Å². The number of anilines is 2. The number of sulfonamides is 1.